The molecule has 0 aliphatic rings. The second kappa shape index (κ2) is 8.95. The van der Waals surface area contributed by atoms with Gasteiger partial charge >= 0.3 is 0 Å². The SMILES string of the molecule is CCCCNc1ccc(S(N)(=O)=O)cc1NS(=O)(=O)c1ccc(Cl)c([N+](=O)[O-])c1. The van der Waals surface area contributed by atoms with Crippen molar-refractivity contribution in [1.82, 2.24) is 0 Å². The number of unbranched alkanes of at least 4 members (excludes halogenated alkanes) is 1. The fourth-order valence-corrected chi connectivity index (χ4v) is 4.16. The van der Waals surface area contributed by atoms with Crippen molar-refractivity contribution >= 4 is 48.7 Å². The Labute approximate surface area is 173 Å². The highest BCUT2D eigenvalue weighted by Gasteiger charge is 2.22. The maximum Gasteiger partial charge on any atom is 0.289 e. The Morgan fingerprint density at radius 1 is 1.07 bits per heavy atom. The summed E-state index contributed by atoms with van der Waals surface area (Å²) in [6, 6.07) is 6.72. The molecule has 0 aromatic heterocycles. The summed E-state index contributed by atoms with van der Waals surface area (Å²) in [7, 11) is -8.37. The van der Waals surface area contributed by atoms with Crippen LogP contribution in [0.3, 0.4) is 0 Å². The second-order valence-corrected chi connectivity index (χ2v) is 9.66. The number of hydrogen-bond acceptors (Lipinski definition) is 7. The van der Waals surface area contributed by atoms with Gasteiger partial charge < -0.3 is 5.32 Å². The summed E-state index contributed by atoms with van der Waals surface area (Å²) in [6.45, 7) is 2.50. The molecule has 158 valence electrons. The third-order valence-corrected chi connectivity index (χ3v) is 6.43. The molecule has 0 heterocycles. The first kappa shape index (κ1) is 22.9. The van der Waals surface area contributed by atoms with Crippen LogP contribution in [-0.2, 0) is 20.0 Å². The first-order valence-electron chi connectivity index (χ1n) is 8.33. The van der Waals surface area contributed by atoms with E-state index < -0.39 is 35.6 Å². The van der Waals surface area contributed by atoms with Gasteiger partial charge in [-0.3, -0.25) is 14.8 Å². The minimum atomic E-state index is -4.29. The average molecular weight is 463 g/mol. The van der Waals surface area contributed by atoms with Crippen molar-refractivity contribution in [2.75, 3.05) is 16.6 Å². The van der Waals surface area contributed by atoms with Gasteiger partial charge in [-0.2, -0.15) is 0 Å². The molecular formula is C16H19ClN4O6S2. The summed E-state index contributed by atoms with van der Waals surface area (Å²) in [5.41, 5.74) is -0.308. The predicted molar refractivity (Wildman–Crippen MR) is 110 cm³/mol. The van der Waals surface area contributed by atoms with Crippen LogP contribution in [0.1, 0.15) is 19.8 Å². The first-order valence-corrected chi connectivity index (χ1v) is 11.7. The summed E-state index contributed by atoms with van der Waals surface area (Å²) in [6.07, 6.45) is 1.68. The molecule has 0 saturated heterocycles. The smallest absolute Gasteiger partial charge is 0.289 e. The van der Waals surface area contributed by atoms with Gasteiger partial charge in [0.15, 0.2) is 0 Å². The van der Waals surface area contributed by atoms with Gasteiger partial charge in [0.05, 0.1) is 26.1 Å². The highest BCUT2D eigenvalue weighted by atomic mass is 35.5. The van der Waals surface area contributed by atoms with Gasteiger partial charge in [-0.25, -0.2) is 22.0 Å². The monoisotopic (exact) mass is 462 g/mol. The van der Waals surface area contributed by atoms with Crippen LogP contribution in [0.2, 0.25) is 5.02 Å². The highest BCUT2D eigenvalue weighted by molar-refractivity contribution is 7.92. The molecule has 13 heteroatoms. The van der Waals surface area contributed by atoms with E-state index in [-0.39, 0.29) is 15.6 Å². The summed E-state index contributed by atoms with van der Waals surface area (Å²) in [4.78, 5) is 9.52. The van der Waals surface area contributed by atoms with Crippen LogP contribution in [0, 0.1) is 10.1 Å². The first-order chi connectivity index (χ1) is 13.5. The Bertz CT molecular complexity index is 1140. The third kappa shape index (κ3) is 5.79. The lowest BCUT2D eigenvalue weighted by Crippen LogP contribution is -2.17. The lowest BCUT2D eigenvalue weighted by molar-refractivity contribution is -0.384. The topological polar surface area (TPSA) is 162 Å². The number of nitrogens with zero attached hydrogens (tertiary/aromatic N) is 1. The van der Waals surface area contributed by atoms with Crippen LogP contribution in [-0.4, -0.2) is 28.3 Å². The van der Waals surface area contributed by atoms with Gasteiger partial charge in [-0.15, -0.1) is 0 Å². The van der Waals surface area contributed by atoms with E-state index in [0.29, 0.717) is 12.2 Å². The predicted octanol–water partition coefficient (Wildman–Crippen LogP) is 2.91. The van der Waals surface area contributed by atoms with Gasteiger partial charge in [0.1, 0.15) is 5.02 Å². The number of halogens is 1. The molecule has 0 aliphatic heterocycles. The second-order valence-electron chi connectivity index (χ2n) is 6.01. The van der Waals surface area contributed by atoms with Gasteiger partial charge in [0.25, 0.3) is 15.7 Å². The normalized spacial score (nSPS) is 11.8. The van der Waals surface area contributed by atoms with Gasteiger partial charge in [-0.05, 0) is 36.8 Å². The number of nitro benzene ring substituents is 1. The van der Waals surface area contributed by atoms with Gasteiger partial charge in [0.2, 0.25) is 10.0 Å². The lowest BCUT2D eigenvalue weighted by Gasteiger charge is -2.15. The quantitative estimate of drug-likeness (QED) is 0.293. The Kier molecular flexibility index (Phi) is 7.06. The van der Waals surface area contributed by atoms with E-state index in [1.807, 2.05) is 6.92 Å². The third-order valence-electron chi connectivity index (χ3n) is 3.83. The number of hydrogen-bond donors (Lipinski definition) is 3. The van der Waals surface area contributed by atoms with E-state index in [0.717, 1.165) is 37.1 Å². The Morgan fingerprint density at radius 2 is 1.72 bits per heavy atom. The summed E-state index contributed by atoms with van der Waals surface area (Å²) in [5, 5.41) is 19.0. The molecule has 0 bridgehead atoms. The summed E-state index contributed by atoms with van der Waals surface area (Å²) in [5.74, 6) is 0. The largest absolute Gasteiger partial charge is 0.383 e. The molecule has 2 aromatic rings. The Morgan fingerprint density at radius 3 is 2.31 bits per heavy atom. The Hall–Kier alpha value is -2.41. The standard InChI is InChI=1S/C16H19ClN4O6S2/c1-2-3-8-19-14-7-5-11(28(18,24)25)9-15(14)20-29(26,27)12-4-6-13(17)16(10-12)21(22)23/h4-7,9-10,19-20H,2-3,8H2,1H3,(H2,18,24,25). The average Bonchev–Trinajstić information content (AvgIpc) is 2.61. The molecule has 0 atom stereocenters. The maximum atomic E-state index is 12.7. The molecule has 0 spiro atoms. The lowest BCUT2D eigenvalue weighted by atomic mass is 10.2. The van der Waals surface area contributed by atoms with Crippen molar-refractivity contribution in [3.63, 3.8) is 0 Å². The molecule has 2 aromatic carbocycles. The van der Waals surface area contributed by atoms with Crippen molar-refractivity contribution < 1.29 is 21.8 Å². The van der Waals surface area contributed by atoms with E-state index in [2.05, 4.69) is 10.0 Å². The number of benzene rings is 2. The molecule has 0 radical (unpaired) electrons. The number of nitrogens with two attached hydrogens (primary N) is 1. The summed E-state index contributed by atoms with van der Waals surface area (Å²) >= 11 is 5.72. The molecule has 0 saturated carbocycles. The molecule has 0 fully saturated rings. The van der Waals surface area contributed by atoms with Gasteiger partial charge in [0, 0.05) is 12.6 Å². The van der Waals surface area contributed by atoms with E-state index in [1.54, 1.807) is 0 Å². The zero-order chi connectivity index (χ0) is 21.8. The van der Waals surface area contributed by atoms with Crippen LogP contribution in [0.15, 0.2) is 46.2 Å². The van der Waals surface area contributed by atoms with Crippen LogP contribution < -0.4 is 15.2 Å². The van der Waals surface area contributed by atoms with Crippen molar-refractivity contribution in [3.05, 3.63) is 51.5 Å². The molecule has 10 nitrogen and oxygen atoms in total. The highest BCUT2D eigenvalue weighted by Crippen LogP contribution is 2.31. The van der Waals surface area contributed by atoms with E-state index in [4.69, 9.17) is 16.7 Å². The molecule has 2 rings (SSSR count). The Balaban J connectivity index is 2.49. The van der Waals surface area contributed by atoms with Crippen LogP contribution in [0.5, 0.6) is 0 Å². The number of primary sulfonamides is 1. The number of rotatable bonds is 9. The molecule has 0 amide bonds. The van der Waals surface area contributed by atoms with Crippen molar-refractivity contribution in [1.29, 1.82) is 0 Å². The molecule has 4 N–H and O–H groups in total. The van der Waals surface area contributed by atoms with Crippen molar-refractivity contribution in [2.45, 2.75) is 29.6 Å². The number of anilines is 2. The fraction of sp³-hybridized carbons (Fsp3) is 0.250. The zero-order valence-corrected chi connectivity index (χ0v) is 17.6. The molecule has 29 heavy (non-hydrogen) atoms. The fourth-order valence-electron chi connectivity index (χ4n) is 2.34. The zero-order valence-electron chi connectivity index (χ0n) is 15.3. The van der Waals surface area contributed by atoms with Gasteiger partial charge in [-0.1, -0.05) is 24.9 Å². The van der Waals surface area contributed by atoms with Crippen molar-refractivity contribution in [3.8, 4) is 0 Å². The molecular weight excluding hydrogens is 444 g/mol. The minimum absolute atomic E-state index is 0.0646. The maximum absolute atomic E-state index is 12.7. The minimum Gasteiger partial charge on any atom is -0.383 e. The molecule has 0 unspecified atom stereocenters. The van der Waals surface area contributed by atoms with Crippen LogP contribution >= 0.6 is 11.6 Å². The number of nitro groups is 1. The van der Waals surface area contributed by atoms with Crippen LogP contribution in [0.25, 0.3) is 0 Å². The number of nitrogens with one attached hydrogen (secondary N) is 2. The number of sulfonamides is 2. The summed E-state index contributed by atoms with van der Waals surface area (Å²) < 4.78 is 51.0. The van der Waals surface area contributed by atoms with Crippen LogP contribution in [0.4, 0.5) is 17.1 Å². The van der Waals surface area contributed by atoms with E-state index in [1.165, 1.54) is 12.1 Å². The van der Waals surface area contributed by atoms with E-state index >= 15 is 0 Å². The van der Waals surface area contributed by atoms with E-state index in [9.17, 15) is 26.9 Å². The molecule has 0 aliphatic carbocycles. The van der Waals surface area contributed by atoms with Crippen molar-refractivity contribution in [2.24, 2.45) is 5.14 Å².